The van der Waals surface area contributed by atoms with Crippen molar-refractivity contribution in [2.45, 2.75) is 18.2 Å². The number of rotatable bonds is 3. The first-order valence-corrected chi connectivity index (χ1v) is 6.73. The number of aliphatic hydroxyl groups is 1. The molecule has 0 heterocycles. The van der Waals surface area contributed by atoms with Crippen molar-refractivity contribution >= 4 is 23.5 Å². The first kappa shape index (κ1) is 14.1. The second-order valence-corrected chi connectivity index (χ2v) is 5.16. The molecule has 1 fully saturated rings. The van der Waals surface area contributed by atoms with Crippen molar-refractivity contribution in [2.75, 3.05) is 13.7 Å². The average Bonchev–Trinajstić information content (AvgIpc) is 2.45. The number of ether oxygens (including phenoxy) is 1. The Labute approximate surface area is 117 Å². The minimum absolute atomic E-state index is 0.0320. The Balaban J connectivity index is 2.16. The van der Waals surface area contributed by atoms with E-state index in [0.717, 1.165) is 23.3 Å². The standard InChI is InChI=1S/C15H17ClO3/c1-19-13-6-2-10(3-7-13)8-11-4-5-12(9-17)14(16)15(11)18/h2-3,6-8,12,14,17H,4-5,9H2,1H3. The van der Waals surface area contributed by atoms with Crippen LogP contribution in [-0.4, -0.2) is 30.0 Å². The number of alkyl halides is 1. The smallest absolute Gasteiger partial charge is 0.177 e. The molecule has 102 valence electrons. The number of halogens is 1. The molecule has 1 N–H and O–H groups in total. The highest BCUT2D eigenvalue weighted by molar-refractivity contribution is 6.34. The van der Waals surface area contributed by atoms with Gasteiger partial charge in [0, 0.05) is 12.5 Å². The fraction of sp³-hybridized carbons (Fsp3) is 0.400. The van der Waals surface area contributed by atoms with Crippen LogP contribution in [0.3, 0.4) is 0 Å². The van der Waals surface area contributed by atoms with E-state index in [1.807, 2.05) is 30.3 Å². The summed E-state index contributed by atoms with van der Waals surface area (Å²) < 4.78 is 5.09. The number of hydrogen-bond donors (Lipinski definition) is 1. The quantitative estimate of drug-likeness (QED) is 0.684. The van der Waals surface area contributed by atoms with Gasteiger partial charge in [-0.15, -0.1) is 11.6 Å². The normalized spacial score (nSPS) is 25.6. The topological polar surface area (TPSA) is 46.5 Å². The van der Waals surface area contributed by atoms with Crippen molar-refractivity contribution in [3.63, 3.8) is 0 Å². The van der Waals surface area contributed by atoms with E-state index in [9.17, 15) is 4.79 Å². The second kappa shape index (κ2) is 6.22. The van der Waals surface area contributed by atoms with Gasteiger partial charge in [0.05, 0.1) is 7.11 Å². The number of carbonyl (C=O) groups excluding carboxylic acids is 1. The van der Waals surface area contributed by atoms with Gasteiger partial charge in [-0.05, 0) is 42.2 Å². The van der Waals surface area contributed by atoms with Gasteiger partial charge in [0.2, 0.25) is 0 Å². The number of hydrogen-bond acceptors (Lipinski definition) is 3. The summed E-state index contributed by atoms with van der Waals surface area (Å²) in [4.78, 5) is 12.1. The van der Waals surface area contributed by atoms with E-state index in [-0.39, 0.29) is 18.3 Å². The molecule has 0 bridgehead atoms. The molecule has 0 saturated heterocycles. The van der Waals surface area contributed by atoms with Crippen LogP contribution in [0, 0.1) is 5.92 Å². The lowest BCUT2D eigenvalue weighted by molar-refractivity contribution is -0.117. The lowest BCUT2D eigenvalue weighted by atomic mass is 9.84. The van der Waals surface area contributed by atoms with Crippen molar-refractivity contribution in [2.24, 2.45) is 5.92 Å². The maximum absolute atomic E-state index is 12.1. The van der Waals surface area contributed by atoms with Crippen LogP contribution in [0.1, 0.15) is 18.4 Å². The number of benzene rings is 1. The fourth-order valence-corrected chi connectivity index (χ4v) is 2.58. The molecule has 1 saturated carbocycles. The summed E-state index contributed by atoms with van der Waals surface area (Å²) in [5.41, 5.74) is 1.69. The monoisotopic (exact) mass is 280 g/mol. The molecule has 1 aliphatic rings. The summed E-state index contributed by atoms with van der Waals surface area (Å²) in [5, 5.41) is 8.53. The van der Waals surface area contributed by atoms with Crippen LogP contribution in [-0.2, 0) is 4.79 Å². The Kier molecular flexibility index (Phi) is 4.61. The predicted molar refractivity (Wildman–Crippen MR) is 75.4 cm³/mol. The largest absolute Gasteiger partial charge is 0.497 e. The lowest BCUT2D eigenvalue weighted by Crippen LogP contribution is -2.33. The molecule has 1 aromatic carbocycles. The Morgan fingerprint density at radius 1 is 1.42 bits per heavy atom. The van der Waals surface area contributed by atoms with Crippen LogP contribution in [0.15, 0.2) is 29.8 Å². The number of ketones is 1. The van der Waals surface area contributed by atoms with Gasteiger partial charge < -0.3 is 9.84 Å². The van der Waals surface area contributed by atoms with Crippen LogP contribution >= 0.6 is 11.6 Å². The Hall–Kier alpha value is -1.32. The third-order valence-electron chi connectivity index (χ3n) is 3.46. The van der Waals surface area contributed by atoms with Gasteiger partial charge in [-0.1, -0.05) is 12.1 Å². The minimum Gasteiger partial charge on any atom is -0.497 e. The van der Waals surface area contributed by atoms with E-state index in [0.29, 0.717) is 6.42 Å². The van der Waals surface area contributed by atoms with Crippen molar-refractivity contribution in [1.29, 1.82) is 0 Å². The summed E-state index contributed by atoms with van der Waals surface area (Å²) in [7, 11) is 1.62. The number of Topliss-reactive ketones (excluding diaryl/α,β-unsaturated/α-hetero) is 1. The molecule has 3 nitrogen and oxygen atoms in total. The van der Waals surface area contributed by atoms with E-state index < -0.39 is 5.38 Å². The molecule has 0 radical (unpaired) electrons. The molecule has 0 amide bonds. The summed E-state index contributed by atoms with van der Waals surface area (Å²) in [5.74, 6) is 0.595. The van der Waals surface area contributed by atoms with Crippen molar-refractivity contribution in [1.82, 2.24) is 0 Å². The number of carbonyl (C=O) groups is 1. The zero-order valence-electron chi connectivity index (χ0n) is 10.8. The van der Waals surface area contributed by atoms with E-state index in [1.54, 1.807) is 7.11 Å². The molecule has 2 atom stereocenters. The number of aliphatic hydroxyl groups excluding tert-OH is 1. The van der Waals surface area contributed by atoms with Gasteiger partial charge in [-0.3, -0.25) is 4.79 Å². The summed E-state index contributed by atoms with van der Waals surface area (Å²) >= 11 is 6.07. The van der Waals surface area contributed by atoms with Crippen molar-refractivity contribution in [3.05, 3.63) is 35.4 Å². The number of methoxy groups -OCH3 is 1. The highest BCUT2D eigenvalue weighted by atomic mass is 35.5. The SMILES string of the molecule is COc1ccc(C=C2CCC(CO)C(Cl)C2=O)cc1. The summed E-state index contributed by atoms with van der Waals surface area (Å²) in [6, 6.07) is 7.52. The fourth-order valence-electron chi connectivity index (χ4n) is 2.23. The molecule has 2 unspecified atom stereocenters. The first-order valence-electron chi connectivity index (χ1n) is 6.29. The highest BCUT2D eigenvalue weighted by Gasteiger charge is 2.32. The Morgan fingerprint density at radius 2 is 2.11 bits per heavy atom. The Morgan fingerprint density at radius 3 is 2.68 bits per heavy atom. The predicted octanol–water partition coefficient (Wildman–Crippen LogP) is 2.66. The van der Waals surface area contributed by atoms with Gasteiger partial charge in [0.1, 0.15) is 11.1 Å². The zero-order chi connectivity index (χ0) is 13.8. The molecule has 0 aromatic heterocycles. The van der Waals surface area contributed by atoms with Gasteiger partial charge in [0.25, 0.3) is 0 Å². The zero-order valence-corrected chi connectivity index (χ0v) is 11.6. The van der Waals surface area contributed by atoms with Gasteiger partial charge >= 0.3 is 0 Å². The Bertz CT molecular complexity index is 479. The van der Waals surface area contributed by atoms with E-state index in [4.69, 9.17) is 21.4 Å². The first-order chi connectivity index (χ1) is 9.15. The molecule has 2 rings (SSSR count). The molecular weight excluding hydrogens is 264 g/mol. The van der Waals surface area contributed by atoms with Crippen LogP contribution in [0.2, 0.25) is 0 Å². The van der Waals surface area contributed by atoms with E-state index >= 15 is 0 Å². The van der Waals surface area contributed by atoms with Crippen LogP contribution < -0.4 is 4.74 Å². The van der Waals surface area contributed by atoms with Crippen LogP contribution in [0.25, 0.3) is 6.08 Å². The molecule has 19 heavy (non-hydrogen) atoms. The minimum atomic E-state index is -0.608. The van der Waals surface area contributed by atoms with Gasteiger partial charge in [-0.25, -0.2) is 0 Å². The number of allylic oxidation sites excluding steroid dienone is 1. The second-order valence-electron chi connectivity index (χ2n) is 4.69. The van der Waals surface area contributed by atoms with E-state index in [1.165, 1.54) is 0 Å². The third-order valence-corrected chi connectivity index (χ3v) is 4.01. The van der Waals surface area contributed by atoms with Crippen molar-refractivity contribution in [3.8, 4) is 5.75 Å². The lowest BCUT2D eigenvalue weighted by Gasteiger charge is -2.26. The van der Waals surface area contributed by atoms with E-state index in [2.05, 4.69) is 0 Å². The van der Waals surface area contributed by atoms with Crippen LogP contribution in [0.5, 0.6) is 5.75 Å². The molecule has 0 spiro atoms. The maximum atomic E-state index is 12.1. The van der Waals surface area contributed by atoms with Gasteiger partial charge in [-0.2, -0.15) is 0 Å². The summed E-state index contributed by atoms with van der Waals surface area (Å²) in [6.07, 6.45) is 3.28. The highest BCUT2D eigenvalue weighted by Crippen LogP contribution is 2.30. The molecular formula is C15H17ClO3. The molecule has 1 aliphatic carbocycles. The van der Waals surface area contributed by atoms with Crippen LogP contribution in [0.4, 0.5) is 0 Å². The molecule has 0 aliphatic heterocycles. The molecule has 4 heteroatoms. The van der Waals surface area contributed by atoms with Gasteiger partial charge in [0.15, 0.2) is 5.78 Å². The molecule has 1 aromatic rings. The third kappa shape index (κ3) is 3.17. The average molecular weight is 281 g/mol. The van der Waals surface area contributed by atoms with Crippen molar-refractivity contribution < 1.29 is 14.6 Å². The summed E-state index contributed by atoms with van der Waals surface area (Å²) in [6.45, 7) is -0.0320. The maximum Gasteiger partial charge on any atom is 0.177 e.